The zero-order valence-electron chi connectivity index (χ0n) is 14.8. The summed E-state index contributed by atoms with van der Waals surface area (Å²) < 4.78 is 2.34. The zero-order chi connectivity index (χ0) is 17.0. The summed E-state index contributed by atoms with van der Waals surface area (Å²) in [5.74, 6) is 3.81. The lowest BCUT2D eigenvalue weighted by atomic mass is 9.96. The van der Waals surface area contributed by atoms with E-state index in [-0.39, 0.29) is 0 Å². The van der Waals surface area contributed by atoms with Crippen LogP contribution in [0.3, 0.4) is 0 Å². The average Bonchev–Trinajstić information content (AvgIpc) is 3.30. The molecule has 0 bridgehead atoms. The highest BCUT2D eigenvalue weighted by Crippen LogP contribution is 2.34. The lowest BCUT2D eigenvalue weighted by molar-refractivity contribution is 0.471. The van der Waals surface area contributed by atoms with Gasteiger partial charge in [0.1, 0.15) is 29.4 Å². The van der Waals surface area contributed by atoms with E-state index in [9.17, 15) is 0 Å². The lowest BCUT2D eigenvalue weighted by Crippen LogP contribution is -2.36. The minimum atomic E-state index is 0.429. The van der Waals surface area contributed by atoms with Gasteiger partial charge in [0.2, 0.25) is 0 Å². The maximum atomic E-state index is 4.64. The van der Waals surface area contributed by atoms with Gasteiger partial charge in [0.05, 0.1) is 5.39 Å². The van der Waals surface area contributed by atoms with Crippen LogP contribution >= 0.6 is 0 Å². The Labute approximate surface area is 146 Å². The van der Waals surface area contributed by atoms with Crippen molar-refractivity contribution in [1.29, 1.82) is 0 Å². The third kappa shape index (κ3) is 2.25. The topological polar surface area (TPSA) is 75.5 Å². The molecule has 5 heterocycles. The van der Waals surface area contributed by atoms with E-state index in [1.807, 2.05) is 0 Å². The summed E-state index contributed by atoms with van der Waals surface area (Å²) in [7, 11) is 0. The Morgan fingerprint density at radius 1 is 1.12 bits per heavy atom. The molecule has 0 spiro atoms. The Morgan fingerprint density at radius 3 is 2.96 bits per heavy atom. The van der Waals surface area contributed by atoms with E-state index in [4.69, 9.17) is 0 Å². The van der Waals surface area contributed by atoms with Crippen molar-refractivity contribution in [3.8, 4) is 0 Å². The molecule has 1 atom stereocenters. The van der Waals surface area contributed by atoms with Gasteiger partial charge in [-0.25, -0.2) is 9.97 Å². The summed E-state index contributed by atoms with van der Waals surface area (Å²) in [6.07, 6.45) is 6.26. The number of hydrogen-bond acceptors (Lipinski definition) is 5. The fourth-order valence-electron chi connectivity index (χ4n) is 4.37. The third-order valence-electron chi connectivity index (χ3n) is 5.79. The highest BCUT2D eigenvalue weighted by molar-refractivity contribution is 5.91. The molecule has 0 saturated carbocycles. The van der Waals surface area contributed by atoms with E-state index >= 15 is 0 Å². The van der Waals surface area contributed by atoms with Gasteiger partial charge in [-0.1, -0.05) is 0 Å². The van der Waals surface area contributed by atoms with Crippen molar-refractivity contribution in [2.45, 2.75) is 52.0 Å². The molecule has 5 rings (SSSR count). The molecule has 1 N–H and O–H groups in total. The molecule has 3 aromatic heterocycles. The molecule has 3 aromatic rings. The summed E-state index contributed by atoms with van der Waals surface area (Å²) >= 11 is 0. The summed E-state index contributed by atoms with van der Waals surface area (Å²) in [5.41, 5.74) is 3.35. The zero-order valence-corrected chi connectivity index (χ0v) is 14.8. The smallest absolute Gasteiger partial charge is 0.143 e. The number of fused-ring (bicyclic) bond motifs is 2. The first-order chi connectivity index (χ1) is 12.2. The first-order valence-electron chi connectivity index (χ1n) is 9.19. The number of anilines is 1. The standard InChI is InChI=1S/C18H23N7/c1-11-12(2)21-16-15(11)18(20-10-19-16)24-7-3-5-13(9-24)17-23-22-14-6-4-8-25(14)17/h10,13H,3-9H2,1-2H3,(H,19,20,21). The molecule has 130 valence electrons. The molecule has 7 heteroatoms. The van der Waals surface area contributed by atoms with Crippen molar-refractivity contribution in [1.82, 2.24) is 29.7 Å². The van der Waals surface area contributed by atoms with Crippen molar-refractivity contribution < 1.29 is 0 Å². The minimum absolute atomic E-state index is 0.429. The van der Waals surface area contributed by atoms with Gasteiger partial charge in [-0.2, -0.15) is 0 Å². The monoisotopic (exact) mass is 337 g/mol. The van der Waals surface area contributed by atoms with E-state index in [1.165, 1.54) is 29.9 Å². The van der Waals surface area contributed by atoms with Crippen LogP contribution in [0.2, 0.25) is 0 Å². The van der Waals surface area contributed by atoms with E-state index in [0.717, 1.165) is 55.2 Å². The maximum absolute atomic E-state index is 4.64. The average molecular weight is 337 g/mol. The van der Waals surface area contributed by atoms with Crippen LogP contribution in [-0.2, 0) is 13.0 Å². The van der Waals surface area contributed by atoms with Crippen LogP contribution in [0.5, 0.6) is 0 Å². The number of hydrogen-bond donors (Lipinski definition) is 1. The second kappa shape index (κ2) is 5.54. The molecule has 0 aliphatic carbocycles. The van der Waals surface area contributed by atoms with Gasteiger partial charge in [-0.15, -0.1) is 10.2 Å². The fourth-order valence-corrected chi connectivity index (χ4v) is 4.37. The van der Waals surface area contributed by atoms with Crippen LogP contribution < -0.4 is 4.90 Å². The van der Waals surface area contributed by atoms with Gasteiger partial charge in [-0.3, -0.25) is 0 Å². The number of aryl methyl sites for hydroxylation is 3. The Balaban J connectivity index is 1.51. The van der Waals surface area contributed by atoms with E-state index in [0.29, 0.717) is 5.92 Å². The Morgan fingerprint density at radius 2 is 2.04 bits per heavy atom. The number of aromatic nitrogens is 6. The van der Waals surface area contributed by atoms with E-state index in [2.05, 4.69) is 48.5 Å². The summed E-state index contributed by atoms with van der Waals surface area (Å²) in [6, 6.07) is 0. The minimum Gasteiger partial charge on any atom is -0.355 e. The second-order valence-corrected chi connectivity index (χ2v) is 7.31. The number of piperidine rings is 1. The molecule has 1 fully saturated rings. The number of nitrogens with zero attached hydrogens (tertiary/aromatic N) is 6. The quantitative estimate of drug-likeness (QED) is 0.777. The molecule has 25 heavy (non-hydrogen) atoms. The van der Waals surface area contributed by atoms with E-state index in [1.54, 1.807) is 6.33 Å². The Hall–Kier alpha value is -2.44. The highest BCUT2D eigenvalue weighted by Gasteiger charge is 2.30. The van der Waals surface area contributed by atoms with Crippen molar-refractivity contribution in [2.24, 2.45) is 0 Å². The van der Waals surface area contributed by atoms with Crippen molar-refractivity contribution in [3.63, 3.8) is 0 Å². The summed E-state index contributed by atoms with van der Waals surface area (Å²) in [6.45, 7) is 7.30. The first kappa shape index (κ1) is 14.9. The van der Waals surface area contributed by atoms with Gasteiger partial charge >= 0.3 is 0 Å². The highest BCUT2D eigenvalue weighted by atomic mass is 15.3. The Bertz CT molecular complexity index is 938. The summed E-state index contributed by atoms with van der Waals surface area (Å²) in [5, 5.41) is 10.1. The van der Waals surface area contributed by atoms with Gasteiger partial charge < -0.3 is 14.5 Å². The molecular weight excluding hydrogens is 314 g/mol. The van der Waals surface area contributed by atoms with Crippen molar-refractivity contribution in [3.05, 3.63) is 29.2 Å². The molecule has 0 radical (unpaired) electrons. The number of aromatic amines is 1. The van der Waals surface area contributed by atoms with Crippen LogP contribution in [0.25, 0.3) is 11.0 Å². The molecule has 0 aromatic carbocycles. The van der Waals surface area contributed by atoms with Gasteiger partial charge in [0.15, 0.2) is 0 Å². The van der Waals surface area contributed by atoms with Gasteiger partial charge in [0.25, 0.3) is 0 Å². The molecule has 1 unspecified atom stereocenters. The van der Waals surface area contributed by atoms with Crippen LogP contribution in [-0.4, -0.2) is 42.8 Å². The molecule has 7 nitrogen and oxygen atoms in total. The predicted octanol–water partition coefficient (Wildman–Crippen LogP) is 2.50. The van der Waals surface area contributed by atoms with Crippen LogP contribution in [0.1, 0.15) is 48.1 Å². The Kier molecular flexibility index (Phi) is 3.29. The lowest BCUT2D eigenvalue weighted by Gasteiger charge is -2.33. The largest absolute Gasteiger partial charge is 0.355 e. The third-order valence-corrected chi connectivity index (χ3v) is 5.79. The molecule has 2 aliphatic rings. The maximum Gasteiger partial charge on any atom is 0.143 e. The molecular formula is C18H23N7. The van der Waals surface area contributed by atoms with E-state index < -0.39 is 0 Å². The number of rotatable bonds is 2. The SMILES string of the molecule is Cc1[nH]c2ncnc(N3CCCC(c4nnc5n4CCC5)C3)c2c1C. The molecule has 0 amide bonds. The van der Waals surface area contributed by atoms with Crippen LogP contribution in [0, 0.1) is 13.8 Å². The van der Waals surface area contributed by atoms with Crippen LogP contribution in [0.15, 0.2) is 6.33 Å². The van der Waals surface area contributed by atoms with Gasteiger partial charge in [-0.05, 0) is 38.7 Å². The fraction of sp³-hybridized carbons (Fsp3) is 0.556. The predicted molar refractivity (Wildman–Crippen MR) is 95.9 cm³/mol. The molecule has 1 saturated heterocycles. The van der Waals surface area contributed by atoms with Gasteiger partial charge in [0, 0.05) is 37.7 Å². The number of H-pyrrole nitrogens is 1. The second-order valence-electron chi connectivity index (χ2n) is 7.31. The van der Waals surface area contributed by atoms with Crippen molar-refractivity contribution in [2.75, 3.05) is 18.0 Å². The van der Waals surface area contributed by atoms with Crippen molar-refractivity contribution >= 4 is 16.9 Å². The normalized spacial score (nSPS) is 20.4. The molecule has 2 aliphatic heterocycles. The first-order valence-corrected chi connectivity index (χ1v) is 9.19. The number of nitrogens with one attached hydrogen (secondary N) is 1. The van der Waals surface area contributed by atoms with Crippen LogP contribution in [0.4, 0.5) is 5.82 Å². The summed E-state index contributed by atoms with van der Waals surface area (Å²) in [4.78, 5) is 14.8.